The van der Waals surface area contributed by atoms with Crippen LogP contribution in [0.4, 0.5) is 0 Å². The fraction of sp³-hybridized carbons (Fsp3) is 0.900. The van der Waals surface area contributed by atoms with E-state index in [0.717, 1.165) is 12.6 Å². The van der Waals surface area contributed by atoms with Crippen molar-refractivity contribution in [2.75, 3.05) is 13.1 Å². The first-order valence-electron chi connectivity index (χ1n) is 4.92. The van der Waals surface area contributed by atoms with Gasteiger partial charge in [0.15, 0.2) is 0 Å². The van der Waals surface area contributed by atoms with Gasteiger partial charge >= 0.3 is 0 Å². The topological polar surface area (TPSA) is 20.3 Å². The third-order valence-corrected chi connectivity index (χ3v) is 2.47. The largest absolute Gasteiger partial charge is 0.298 e. The molecule has 0 aromatic rings. The van der Waals surface area contributed by atoms with Crippen molar-refractivity contribution in [3.63, 3.8) is 0 Å². The maximum atomic E-state index is 11.4. The predicted octanol–water partition coefficient (Wildman–Crippen LogP) is 1.70. The number of likely N-dealkylation sites (N-methyl/N-ethyl adjacent to an activating group) is 1. The van der Waals surface area contributed by atoms with E-state index in [0.29, 0.717) is 12.3 Å². The van der Waals surface area contributed by atoms with Crippen LogP contribution < -0.4 is 0 Å². The molecule has 0 spiro atoms. The minimum absolute atomic E-state index is 0.192. The van der Waals surface area contributed by atoms with Gasteiger partial charge < -0.3 is 0 Å². The first kappa shape index (κ1) is 9.72. The number of Topliss-reactive ketones (excluding diaryl/α,β-unsaturated/α-hetero) is 1. The normalized spacial score (nSPS) is 17.4. The zero-order chi connectivity index (χ0) is 9.14. The Labute approximate surface area is 74.9 Å². The molecule has 0 unspecified atom stereocenters. The Morgan fingerprint density at radius 1 is 1.50 bits per heavy atom. The number of carbonyl (C=O) groups excluding carboxylic acids is 1. The Morgan fingerprint density at radius 3 is 2.42 bits per heavy atom. The van der Waals surface area contributed by atoms with E-state index in [-0.39, 0.29) is 5.92 Å². The van der Waals surface area contributed by atoms with E-state index in [2.05, 4.69) is 11.8 Å². The van der Waals surface area contributed by atoms with E-state index in [4.69, 9.17) is 0 Å². The summed E-state index contributed by atoms with van der Waals surface area (Å²) in [5.74, 6) is 0.571. The summed E-state index contributed by atoms with van der Waals surface area (Å²) in [7, 11) is 0. The Bertz CT molecular complexity index is 161. The van der Waals surface area contributed by atoms with E-state index in [1.807, 2.05) is 13.8 Å². The average Bonchev–Trinajstić information content (AvgIpc) is 2.82. The highest BCUT2D eigenvalue weighted by Gasteiger charge is 2.29. The molecule has 1 aliphatic carbocycles. The van der Waals surface area contributed by atoms with E-state index in [9.17, 15) is 4.79 Å². The van der Waals surface area contributed by atoms with E-state index >= 15 is 0 Å². The summed E-state index contributed by atoms with van der Waals surface area (Å²) in [5.41, 5.74) is 0. The lowest BCUT2D eigenvalue weighted by Gasteiger charge is -2.19. The van der Waals surface area contributed by atoms with Gasteiger partial charge in [0.25, 0.3) is 0 Å². The number of nitrogens with zero attached hydrogens (tertiary/aromatic N) is 1. The molecule has 0 aromatic heterocycles. The summed E-state index contributed by atoms with van der Waals surface area (Å²) >= 11 is 0. The van der Waals surface area contributed by atoms with Crippen molar-refractivity contribution >= 4 is 5.78 Å². The first-order chi connectivity index (χ1) is 5.65. The zero-order valence-electron chi connectivity index (χ0n) is 8.34. The monoisotopic (exact) mass is 169 g/mol. The van der Waals surface area contributed by atoms with Gasteiger partial charge in [0.2, 0.25) is 0 Å². The lowest BCUT2D eigenvalue weighted by atomic mass is 10.1. The number of carbonyl (C=O) groups is 1. The van der Waals surface area contributed by atoms with Crippen LogP contribution in [0.25, 0.3) is 0 Å². The molecule has 12 heavy (non-hydrogen) atoms. The van der Waals surface area contributed by atoms with Crippen molar-refractivity contribution in [1.29, 1.82) is 0 Å². The molecule has 1 fully saturated rings. The van der Waals surface area contributed by atoms with Gasteiger partial charge in [0, 0.05) is 12.0 Å². The molecular weight excluding hydrogens is 150 g/mol. The third kappa shape index (κ3) is 2.59. The van der Waals surface area contributed by atoms with Crippen LogP contribution in [-0.2, 0) is 4.79 Å². The van der Waals surface area contributed by atoms with Crippen molar-refractivity contribution in [3.8, 4) is 0 Å². The van der Waals surface area contributed by atoms with Crippen LogP contribution in [0, 0.1) is 5.92 Å². The second-order valence-corrected chi connectivity index (χ2v) is 3.92. The molecule has 2 heteroatoms. The van der Waals surface area contributed by atoms with Gasteiger partial charge in [0.05, 0.1) is 6.54 Å². The summed E-state index contributed by atoms with van der Waals surface area (Å²) in [6.07, 6.45) is 2.58. The quantitative estimate of drug-likeness (QED) is 0.624. The smallest absolute Gasteiger partial charge is 0.149 e. The molecule has 0 aromatic carbocycles. The molecule has 0 saturated heterocycles. The maximum Gasteiger partial charge on any atom is 0.149 e. The molecule has 1 rings (SSSR count). The molecule has 0 atom stereocenters. The first-order valence-corrected chi connectivity index (χ1v) is 4.92. The van der Waals surface area contributed by atoms with Crippen LogP contribution in [0.3, 0.4) is 0 Å². The Morgan fingerprint density at radius 2 is 2.08 bits per heavy atom. The molecule has 1 saturated carbocycles. The van der Waals surface area contributed by atoms with Crippen LogP contribution in [0.2, 0.25) is 0 Å². The highest BCUT2D eigenvalue weighted by atomic mass is 16.1. The van der Waals surface area contributed by atoms with Gasteiger partial charge in [-0.25, -0.2) is 0 Å². The van der Waals surface area contributed by atoms with E-state index in [1.165, 1.54) is 12.8 Å². The van der Waals surface area contributed by atoms with Crippen molar-refractivity contribution < 1.29 is 4.79 Å². The zero-order valence-corrected chi connectivity index (χ0v) is 8.34. The molecule has 2 nitrogen and oxygen atoms in total. The summed E-state index contributed by atoms with van der Waals surface area (Å²) in [6.45, 7) is 7.76. The number of ketones is 1. The average molecular weight is 169 g/mol. The van der Waals surface area contributed by atoms with Crippen molar-refractivity contribution in [2.45, 2.75) is 39.7 Å². The minimum Gasteiger partial charge on any atom is -0.298 e. The fourth-order valence-electron chi connectivity index (χ4n) is 1.32. The Kier molecular flexibility index (Phi) is 3.27. The highest BCUT2D eigenvalue weighted by molar-refractivity contribution is 5.82. The molecule has 70 valence electrons. The van der Waals surface area contributed by atoms with Crippen LogP contribution in [0.1, 0.15) is 33.6 Å². The molecular formula is C10H19NO. The molecule has 0 radical (unpaired) electrons. The maximum absolute atomic E-state index is 11.4. The molecule has 0 heterocycles. The van der Waals surface area contributed by atoms with Crippen molar-refractivity contribution in [1.82, 2.24) is 4.90 Å². The predicted molar refractivity (Wildman–Crippen MR) is 50.1 cm³/mol. The lowest BCUT2D eigenvalue weighted by Crippen LogP contribution is -2.33. The standard InChI is InChI=1S/C10H19NO/c1-4-11(9-5-6-9)7-10(12)8(2)3/h8-9H,4-7H2,1-3H3. The van der Waals surface area contributed by atoms with E-state index in [1.54, 1.807) is 0 Å². The van der Waals surface area contributed by atoms with Crippen LogP contribution in [0.5, 0.6) is 0 Å². The van der Waals surface area contributed by atoms with Gasteiger partial charge in [-0.15, -0.1) is 0 Å². The van der Waals surface area contributed by atoms with Gasteiger partial charge in [0.1, 0.15) is 5.78 Å². The number of hydrogen-bond donors (Lipinski definition) is 0. The van der Waals surface area contributed by atoms with Gasteiger partial charge in [-0.3, -0.25) is 9.69 Å². The molecule has 0 amide bonds. The third-order valence-electron chi connectivity index (χ3n) is 2.47. The highest BCUT2D eigenvalue weighted by Crippen LogP contribution is 2.26. The summed E-state index contributed by atoms with van der Waals surface area (Å²) in [4.78, 5) is 13.7. The van der Waals surface area contributed by atoms with Gasteiger partial charge in [-0.2, -0.15) is 0 Å². The summed E-state index contributed by atoms with van der Waals surface area (Å²) < 4.78 is 0. The second kappa shape index (κ2) is 4.04. The second-order valence-electron chi connectivity index (χ2n) is 3.92. The van der Waals surface area contributed by atoms with Crippen LogP contribution in [-0.4, -0.2) is 29.8 Å². The Hall–Kier alpha value is -0.370. The van der Waals surface area contributed by atoms with E-state index < -0.39 is 0 Å². The van der Waals surface area contributed by atoms with Crippen LogP contribution >= 0.6 is 0 Å². The summed E-state index contributed by atoms with van der Waals surface area (Å²) in [6, 6.07) is 0.720. The number of rotatable bonds is 5. The van der Waals surface area contributed by atoms with Gasteiger partial charge in [-0.05, 0) is 19.4 Å². The van der Waals surface area contributed by atoms with Crippen molar-refractivity contribution in [2.24, 2.45) is 5.92 Å². The number of hydrogen-bond acceptors (Lipinski definition) is 2. The molecule has 0 aliphatic heterocycles. The van der Waals surface area contributed by atoms with Crippen LogP contribution in [0.15, 0.2) is 0 Å². The molecule has 0 N–H and O–H groups in total. The summed E-state index contributed by atoms with van der Waals surface area (Å²) in [5, 5.41) is 0. The minimum atomic E-state index is 0.192. The molecule has 0 bridgehead atoms. The Balaban J connectivity index is 2.31. The van der Waals surface area contributed by atoms with Crippen molar-refractivity contribution in [3.05, 3.63) is 0 Å². The molecule has 1 aliphatic rings. The van der Waals surface area contributed by atoms with Gasteiger partial charge in [-0.1, -0.05) is 20.8 Å². The SMILES string of the molecule is CCN(CC(=O)C(C)C)C1CC1. The lowest BCUT2D eigenvalue weighted by molar-refractivity contribution is -0.123. The fourth-order valence-corrected chi connectivity index (χ4v) is 1.32.